The summed E-state index contributed by atoms with van der Waals surface area (Å²) in [5.41, 5.74) is 0. The Morgan fingerprint density at radius 2 is 1.85 bits per heavy atom. The average Bonchev–Trinajstić information content (AvgIpc) is 2.50. The molecule has 0 radical (unpaired) electrons. The molecule has 13 heavy (non-hydrogen) atoms. The van der Waals surface area contributed by atoms with Crippen LogP contribution >= 0.6 is 0 Å². The molecule has 0 aliphatic carbocycles. The Morgan fingerprint density at radius 3 is 2.23 bits per heavy atom. The maximum absolute atomic E-state index is 2.57. The van der Waals surface area contributed by atoms with E-state index in [0.29, 0.717) is 12.1 Å². The highest BCUT2D eigenvalue weighted by Crippen LogP contribution is 2.17. The van der Waals surface area contributed by atoms with Crippen LogP contribution in [0.4, 0.5) is 0 Å². The Morgan fingerprint density at radius 1 is 1.23 bits per heavy atom. The highest BCUT2D eigenvalue weighted by atomic mass is 15.3. The van der Waals surface area contributed by atoms with Gasteiger partial charge in [0.05, 0.1) is 0 Å². The Labute approximate surface area is 82.9 Å². The maximum Gasteiger partial charge on any atom is 0.0235 e. The van der Waals surface area contributed by atoms with Crippen molar-refractivity contribution in [1.29, 1.82) is 0 Å². The van der Waals surface area contributed by atoms with Gasteiger partial charge in [-0.25, -0.2) is 0 Å². The first kappa shape index (κ1) is 11.0. The fraction of sp³-hybridized carbons (Fsp3) is 1.00. The highest BCUT2D eigenvalue weighted by Gasteiger charge is 2.27. The number of likely N-dealkylation sites (tertiary alicyclic amines) is 1. The molecule has 78 valence electrons. The van der Waals surface area contributed by atoms with Crippen LogP contribution in [0, 0.1) is 0 Å². The lowest BCUT2D eigenvalue weighted by molar-refractivity contribution is 0.182. The average molecular weight is 184 g/mol. The van der Waals surface area contributed by atoms with Crippen LogP contribution in [0.5, 0.6) is 0 Å². The van der Waals surface area contributed by atoms with E-state index >= 15 is 0 Å². The molecule has 0 aromatic carbocycles. The topological polar surface area (TPSA) is 6.48 Å². The van der Waals surface area contributed by atoms with Gasteiger partial charge < -0.3 is 0 Å². The second-order valence-corrected chi connectivity index (χ2v) is 4.79. The second-order valence-electron chi connectivity index (χ2n) is 4.79. The number of hydrogen-bond donors (Lipinski definition) is 0. The lowest BCUT2D eigenvalue weighted by atomic mass is 10.2. The van der Waals surface area contributed by atoms with E-state index in [1.165, 1.54) is 19.5 Å². The summed E-state index contributed by atoms with van der Waals surface area (Å²) in [5, 5.41) is 0. The SMILES string of the molecule is CC(C)N1CCC(N(C)C(C)C)C1. The number of likely N-dealkylation sites (N-methyl/N-ethyl adjacent to an activating group) is 1. The molecule has 0 aromatic heterocycles. The summed E-state index contributed by atoms with van der Waals surface area (Å²) in [6.07, 6.45) is 1.34. The van der Waals surface area contributed by atoms with Crippen LogP contribution in [-0.4, -0.2) is 48.1 Å². The van der Waals surface area contributed by atoms with Crippen molar-refractivity contribution in [2.24, 2.45) is 0 Å². The molecule has 0 aromatic rings. The van der Waals surface area contributed by atoms with Gasteiger partial charge in [0.2, 0.25) is 0 Å². The predicted octanol–water partition coefficient (Wildman–Crippen LogP) is 1.81. The van der Waals surface area contributed by atoms with Crippen molar-refractivity contribution in [1.82, 2.24) is 9.80 Å². The van der Waals surface area contributed by atoms with Crippen molar-refractivity contribution in [3.05, 3.63) is 0 Å². The summed E-state index contributed by atoms with van der Waals surface area (Å²) >= 11 is 0. The van der Waals surface area contributed by atoms with Crippen molar-refractivity contribution >= 4 is 0 Å². The summed E-state index contributed by atoms with van der Waals surface area (Å²) in [5.74, 6) is 0. The molecule has 1 saturated heterocycles. The highest BCUT2D eigenvalue weighted by molar-refractivity contribution is 4.84. The zero-order valence-corrected chi connectivity index (χ0v) is 9.75. The minimum absolute atomic E-state index is 0.678. The van der Waals surface area contributed by atoms with Gasteiger partial charge in [-0.05, 0) is 41.2 Å². The van der Waals surface area contributed by atoms with Crippen LogP contribution in [0.2, 0.25) is 0 Å². The maximum atomic E-state index is 2.57. The molecule has 0 spiro atoms. The van der Waals surface area contributed by atoms with Gasteiger partial charge >= 0.3 is 0 Å². The van der Waals surface area contributed by atoms with E-state index in [2.05, 4.69) is 44.5 Å². The van der Waals surface area contributed by atoms with E-state index in [4.69, 9.17) is 0 Å². The Hall–Kier alpha value is -0.0800. The molecule has 1 aliphatic rings. The van der Waals surface area contributed by atoms with Gasteiger partial charge in [0.1, 0.15) is 0 Å². The third-order valence-corrected chi connectivity index (χ3v) is 3.32. The van der Waals surface area contributed by atoms with Crippen LogP contribution in [0.15, 0.2) is 0 Å². The number of hydrogen-bond acceptors (Lipinski definition) is 2. The fourth-order valence-electron chi connectivity index (χ4n) is 1.99. The molecule has 0 amide bonds. The normalized spacial score (nSPS) is 25.4. The van der Waals surface area contributed by atoms with Crippen molar-refractivity contribution in [2.75, 3.05) is 20.1 Å². The summed E-state index contributed by atoms with van der Waals surface area (Å²) in [7, 11) is 2.25. The van der Waals surface area contributed by atoms with Gasteiger partial charge in [-0.15, -0.1) is 0 Å². The Balaban J connectivity index is 2.40. The van der Waals surface area contributed by atoms with Crippen LogP contribution in [0.25, 0.3) is 0 Å². The quantitative estimate of drug-likeness (QED) is 0.660. The first-order valence-electron chi connectivity index (χ1n) is 5.48. The van der Waals surface area contributed by atoms with E-state index in [-0.39, 0.29) is 0 Å². The Kier molecular flexibility index (Phi) is 3.74. The van der Waals surface area contributed by atoms with E-state index in [0.717, 1.165) is 6.04 Å². The van der Waals surface area contributed by atoms with Gasteiger partial charge in [0.25, 0.3) is 0 Å². The molecular weight excluding hydrogens is 160 g/mol. The molecule has 1 aliphatic heterocycles. The minimum Gasteiger partial charge on any atom is -0.300 e. The van der Waals surface area contributed by atoms with Crippen LogP contribution in [0.3, 0.4) is 0 Å². The van der Waals surface area contributed by atoms with Crippen LogP contribution in [-0.2, 0) is 0 Å². The summed E-state index contributed by atoms with van der Waals surface area (Å²) in [4.78, 5) is 5.08. The van der Waals surface area contributed by atoms with Crippen molar-refractivity contribution in [3.8, 4) is 0 Å². The summed E-state index contributed by atoms with van der Waals surface area (Å²) in [6.45, 7) is 11.7. The number of nitrogens with zero attached hydrogens (tertiary/aromatic N) is 2. The van der Waals surface area contributed by atoms with Gasteiger partial charge in [0.15, 0.2) is 0 Å². The van der Waals surface area contributed by atoms with Crippen LogP contribution < -0.4 is 0 Å². The largest absolute Gasteiger partial charge is 0.300 e. The van der Waals surface area contributed by atoms with Gasteiger partial charge in [-0.2, -0.15) is 0 Å². The van der Waals surface area contributed by atoms with E-state index in [9.17, 15) is 0 Å². The molecule has 0 saturated carbocycles. The Bertz CT molecular complexity index is 154. The fourth-order valence-corrected chi connectivity index (χ4v) is 1.99. The van der Waals surface area contributed by atoms with E-state index < -0.39 is 0 Å². The van der Waals surface area contributed by atoms with Gasteiger partial charge in [-0.3, -0.25) is 9.80 Å². The zero-order valence-electron chi connectivity index (χ0n) is 9.75. The summed E-state index contributed by atoms with van der Waals surface area (Å²) in [6, 6.07) is 2.17. The predicted molar refractivity (Wildman–Crippen MR) is 58.0 cm³/mol. The van der Waals surface area contributed by atoms with E-state index in [1.807, 2.05) is 0 Å². The molecule has 2 nitrogen and oxygen atoms in total. The molecule has 0 N–H and O–H groups in total. The third kappa shape index (κ3) is 2.68. The monoisotopic (exact) mass is 184 g/mol. The summed E-state index contributed by atoms with van der Waals surface area (Å²) < 4.78 is 0. The van der Waals surface area contributed by atoms with Crippen molar-refractivity contribution in [3.63, 3.8) is 0 Å². The lowest BCUT2D eigenvalue weighted by Crippen LogP contribution is -2.40. The molecule has 2 heteroatoms. The molecule has 1 fully saturated rings. The minimum atomic E-state index is 0.678. The van der Waals surface area contributed by atoms with Crippen molar-refractivity contribution < 1.29 is 0 Å². The molecule has 0 bridgehead atoms. The van der Waals surface area contributed by atoms with Crippen molar-refractivity contribution in [2.45, 2.75) is 52.2 Å². The lowest BCUT2D eigenvalue weighted by Gasteiger charge is -2.29. The smallest absolute Gasteiger partial charge is 0.0235 e. The first-order chi connectivity index (χ1) is 6.02. The molecule has 1 atom stereocenters. The van der Waals surface area contributed by atoms with E-state index in [1.54, 1.807) is 0 Å². The standard InChI is InChI=1S/C11H24N2/c1-9(2)12(5)11-6-7-13(8-11)10(3)4/h9-11H,6-8H2,1-5H3. The van der Waals surface area contributed by atoms with Crippen LogP contribution in [0.1, 0.15) is 34.1 Å². The first-order valence-corrected chi connectivity index (χ1v) is 5.48. The second kappa shape index (κ2) is 4.43. The zero-order chi connectivity index (χ0) is 10.0. The molecule has 1 unspecified atom stereocenters. The van der Waals surface area contributed by atoms with Gasteiger partial charge in [-0.1, -0.05) is 0 Å². The molecule has 1 heterocycles. The third-order valence-electron chi connectivity index (χ3n) is 3.32. The number of rotatable bonds is 3. The molecule has 1 rings (SSSR count). The molecular formula is C11H24N2. The van der Waals surface area contributed by atoms with Gasteiger partial charge in [0, 0.05) is 31.2 Å².